The molecule has 162 valence electrons. The van der Waals surface area contributed by atoms with Gasteiger partial charge in [-0.25, -0.2) is 9.37 Å². The zero-order valence-corrected chi connectivity index (χ0v) is 18.7. The largest absolute Gasteiger partial charge is 0.369 e. The number of thiazole rings is 1. The van der Waals surface area contributed by atoms with Crippen LogP contribution in [0.15, 0.2) is 66.7 Å². The number of fused-ring (bicyclic) bond motifs is 1. The minimum absolute atomic E-state index is 0.0291. The van der Waals surface area contributed by atoms with Crippen molar-refractivity contribution in [1.29, 1.82) is 0 Å². The Kier molecular flexibility index (Phi) is 5.62. The number of benzene rings is 3. The second-order valence-corrected chi connectivity index (χ2v) is 9.30. The highest BCUT2D eigenvalue weighted by Crippen LogP contribution is 2.32. The lowest BCUT2D eigenvalue weighted by atomic mass is 9.95. The summed E-state index contributed by atoms with van der Waals surface area (Å²) < 4.78 is 15.2. The molecule has 1 aliphatic rings. The molecular weight excluding hydrogens is 421 g/mol. The number of carbonyl (C=O) groups is 1. The van der Waals surface area contributed by atoms with Gasteiger partial charge in [0.2, 0.25) is 5.91 Å². The van der Waals surface area contributed by atoms with Gasteiger partial charge in [-0.15, -0.1) is 11.3 Å². The van der Waals surface area contributed by atoms with Crippen molar-refractivity contribution in [3.8, 4) is 10.6 Å². The van der Waals surface area contributed by atoms with Crippen LogP contribution < -0.4 is 10.2 Å². The van der Waals surface area contributed by atoms with E-state index in [1.54, 1.807) is 23.5 Å². The van der Waals surface area contributed by atoms with Crippen LogP contribution in [0.5, 0.6) is 0 Å². The summed E-state index contributed by atoms with van der Waals surface area (Å²) in [5.41, 5.74) is 4.68. The van der Waals surface area contributed by atoms with Crippen LogP contribution in [0.25, 0.3) is 20.8 Å². The molecule has 3 aromatic carbocycles. The summed E-state index contributed by atoms with van der Waals surface area (Å²) in [7, 11) is 0. The quantitative estimate of drug-likeness (QED) is 0.403. The molecule has 5 rings (SSSR count). The number of piperidine rings is 1. The number of aromatic nitrogens is 1. The number of halogens is 1. The summed E-state index contributed by atoms with van der Waals surface area (Å²) in [6.07, 6.45) is 1.42. The Morgan fingerprint density at radius 2 is 1.81 bits per heavy atom. The van der Waals surface area contributed by atoms with Crippen molar-refractivity contribution in [1.82, 2.24) is 4.98 Å². The van der Waals surface area contributed by atoms with Gasteiger partial charge >= 0.3 is 0 Å². The number of rotatable bonds is 4. The fourth-order valence-corrected chi connectivity index (χ4v) is 5.26. The molecule has 6 heteroatoms. The summed E-state index contributed by atoms with van der Waals surface area (Å²) in [4.78, 5) is 19.5. The van der Waals surface area contributed by atoms with Crippen molar-refractivity contribution in [2.24, 2.45) is 5.92 Å². The number of amides is 1. The van der Waals surface area contributed by atoms with Crippen LogP contribution in [0, 0.1) is 18.7 Å². The number of carbonyl (C=O) groups excluding carboxylic acids is 1. The normalized spacial score (nSPS) is 14.6. The van der Waals surface area contributed by atoms with E-state index in [2.05, 4.69) is 30.4 Å². The van der Waals surface area contributed by atoms with Gasteiger partial charge in [-0.3, -0.25) is 4.79 Å². The summed E-state index contributed by atoms with van der Waals surface area (Å²) in [6, 6.07) is 21.0. The van der Waals surface area contributed by atoms with Gasteiger partial charge in [0.1, 0.15) is 10.8 Å². The van der Waals surface area contributed by atoms with Gasteiger partial charge in [0, 0.05) is 30.3 Å². The molecule has 1 aromatic heterocycles. The van der Waals surface area contributed by atoms with E-state index in [-0.39, 0.29) is 17.6 Å². The van der Waals surface area contributed by atoms with Crippen molar-refractivity contribution < 1.29 is 9.18 Å². The molecule has 0 atom stereocenters. The van der Waals surface area contributed by atoms with Crippen molar-refractivity contribution in [3.05, 3.63) is 78.1 Å². The molecule has 1 N–H and O–H groups in total. The lowest BCUT2D eigenvalue weighted by Gasteiger charge is -2.33. The molecule has 4 aromatic rings. The molecule has 2 heterocycles. The Bertz CT molecular complexity index is 1260. The minimum atomic E-state index is -0.209. The second-order valence-electron chi connectivity index (χ2n) is 8.27. The van der Waals surface area contributed by atoms with E-state index in [1.807, 2.05) is 35.2 Å². The van der Waals surface area contributed by atoms with E-state index < -0.39 is 0 Å². The molecular formula is C26H24FN3OS. The number of anilines is 2. The van der Waals surface area contributed by atoms with Crippen LogP contribution in [0.4, 0.5) is 15.8 Å². The first-order valence-corrected chi connectivity index (χ1v) is 11.7. The lowest BCUT2D eigenvalue weighted by molar-refractivity contribution is -0.120. The average Bonchev–Trinajstić information content (AvgIpc) is 3.23. The SMILES string of the molecule is Cc1ccc2nc(-c3ccc(NC(=O)C4CCN(c5ccccc5F)CC4)cc3)sc2c1. The van der Waals surface area contributed by atoms with Crippen molar-refractivity contribution in [2.45, 2.75) is 19.8 Å². The highest BCUT2D eigenvalue weighted by Gasteiger charge is 2.26. The molecule has 4 nitrogen and oxygen atoms in total. The van der Waals surface area contributed by atoms with Crippen LogP contribution in [0.2, 0.25) is 0 Å². The van der Waals surface area contributed by atoms with E-state index in [4.69, 9.17) is 4.98 Å². The van der Waals surface area contributed by atoms with Gasteiger partial charge in [-0.2, -0.15) is 0 Å². The van der Waals surface area contributed by atoms with E-state index in [0.29, 0.717) is 31.6 Å². The summed E-state index contributed by atoms with van der Waals surface area (Å²) >= 11 is 1.68. The summed E-state index contributed by atoms with van der Waals surface area (Å²) in [5, 5.41) is 4.02. The first kappa shape index (κ1) is 20.6. The molecule has 0 aliphatic carbocycles. The zero-order chi connectivity index (χ0) is 22.1. The molecule has 0 unspecified atom stereocenters. The number of para-hydroxylation sites is 1. The van der Waals surface area contributed by atoms with Crippen molar-refractivity contribution >= 4 is 38.8 Å². The Balaban J connectivity index is 1.21. The van der Waals surface area contributed by atoms with Crippen LogP contribution in [-0.4, -0.2) is 24.0 Å². The topological polar surface area (TPSA) is 45.2 Å². The molecule has 1 saturated heterocycles. The number of nitrogens with one attached hydrogen (secondary N) is 1. The van der Waals surface area contributed by atoms with Crippen LogP contribution in [-0.2, 0) is 4.79 Å². The predicted molar refractivity (Wildman–Crippen MR) is 130 cm³/mol. The molecule has 0 saturated carbocycles. The minimum Gasteiger partial charge on any atom is -0.369 e. The average molecular weight is 446 g/mol. The first-order chi connectivity index (χ1) is 15.6. The van der Waals surface area contributed by atoms with Crippen molar-refractivity contribution in [3.63, 3.8) is 0 Å². The number of aryl methyl sites for hydroxylation is 1. The predicted octanol–water partition coefficient (Wildman–Crippen LogP) is 6.27. The number of hydrogen-bond donors (Lipinski definition) is 1. The Labute approximate surface area is 190 Å². The molecule has 1 aliphatic heterocycles. The van der Waals surface area contributed by atoms with Crippen molar-refractivity contribution in [2.75, 3.05) is 23.3 Å². The smallest absolute Gasteiger partial charge is 0.227 e. The number of nitrogens with zero attached hydrogens (tertiary/aromatic N) is 2. The second kappa shape index (κ2) is 8.71. The van der Waals surface area contributed by atoms with Gasteiger partial charge in [-0.05, 0) is 73.9 Å². The van der Waals surface area contributed by atoms with Gasteiger partial charge in [-0.1, -0.05) is 18.2 Å². The fraction of sp³-hybridized carbons (Fsp3) is 0.231. The highest BCUT2D eigenvalue weighted by atomic mass is 32.1. The maximum atomic E-state index is 14.0. The van der Waals surface area contributed by atoms with E-state index >= 15 is 0 Å². The third-order valence-corrected chi connectivity index (χ3v) is 7.07. The molecule has 0 bridgehead atoms. The maximum absolute atomic E-state index is 14.0. The van der Waals surface area contributed by atoms with Gasteiger partial charge in [0.25, 0.3) is 0 Å². The van der Waals surface area contributed by atoms with Crippen LogP contribution >= 0.6 is 11.3 Å². The summed E-state index contributed by atoms with van der Waals surface area (Å²) in [5.74, 6) is -0.245. The number of hydrogen-bond acceptors (Lipinski definition) is 4. The molecule has 1 fully saturated rings. The maximum Gasteiger partial charge on any atom is 0.227 e. The molecule has 0 spiro atoms. The highest BCUT2D eigenvalue weighted by molar-refractivity contribution is 7.21. The monoisotopic (exact) mass is 445 g/mol. The third-order valence-electron chi connectivity index (χ3n) is 6.00. The standard InChI is InChI=1S/C26H24FN3OS/c1-17-6-11-22-24(16-17)32-26(29-22)19-7-9-20(10-8-19)28-25(31)18-12-14-30(15-13-18)23-5-3-2-4-21(23)27/h2-11,16,18H,12-15H2,1H3,(H,28,31). The lowest BCUT2D eigenvalue weighted by Crippen LogP contribution is -2.38. The van der Waals surface area contributed by atoms with Crippen LogP contribution in [0.3, 0.4) is 0 Å². The van der Waals surface area contributed by atoms with E-state index in [9.17, 15) is 9.18 Å². The Morgan fingerprint density at radius 1 is 1.06 bits per heavy atom. The molecule has 0 radical (unpaired) electrons. The van der Waals surface area contributed by atoms with Gasteiger partial charge in [0.15, 0.2) is 0 Å². The zero-order valence-electron chi connectivity index (χ0n) is 17.8. The molecule has 1 amide bonds. The Morgan fingerprint density at radius 3 is 2.56 bits per heavy atom. The molecule has 32 heavy (non-hydrogen) atoms. The Hall–Kier alpha value is -3.25. The first-order valence-electron chi connectivity index (χ1n) is 10.8. The van der Waals surface area contributed by atoms with Crippen LogP contribution in [0.1, 0.15) is 18.4 Å². The van der Waals surface area contributed by atoms with E-state index in [0.717, 1.165) is 21.8 Å². The van der Waals surface area contributed by atoms with Gasteiger partial charge in [0.05, 0.1) is 15.9 Å². The summed E-state index contributed by atoms with van der Waals surface area (Å²) in [6.45, 7) is 3.43. The van der Waals surface area contributed by atoms with E-state index in [1.165, 1.54) is 16.3 Å². The third kappa shape index (κ3) is 4.23. The van der Waals surface area contributed by atoms with Gasteiger partial charge < -0.3 is 10.2 Å². The fourth-order valence-electron chi connectivity index (χ4n) is 4.19.